The van der Waals surface area contributed by atoms with Gasteiger partial charge in [0.05, 0.1) is 12.1 Å². The van der Waals surface area contributed by atoms with E-state index in [1.165, 1.54) is 36.0 Å². The van der Waals surface area contributed by atoms with Crippen LogP contribution in [0.25, 0.3) is 5.57 Å². The number of allylic oxidation sites excluding steroid dienone is 3. The molecule has 1 saturated carbocycles. The summed E-state index contributed by atoms with van der Waals surface area (Å²) in [6.45, 7) is 3.89. The lowest BCUT2D eigenvalue weighted by atomic mass is 9.65. The monoisotopic (exact) mass is 316 g/mol. The molecule has 0 bridgehead atoms. The molecule has 1 fully saturated rings. The first-order chi connectivity index (χ1) is 11.8. The lowest BCUT2D eigenvalue weighted by molar-refractivity contribution is 0.227. The minimum atomic E-state index is -0.911. The zero-order chi connectivity index (χ0) is 17.0. The SMILES string of the molecule is C=CCC1=C(c2ccccc2)C(C2CCCCC2)C(C#N)(C#N)C1. The van der Waals surface area contributed by atoms with E-state index in [1.54, 1.807) is 0 Å². The van der Waals surface area contributed by atoms with Gasteiger partial charge in [0.1, 0.15) is 0 Å². The Bertz CT molecular complexity index is 695. The fourth-order valence-electron chi connectivity index (χ4n) is 4.71. The van der Waals surface area contributed by atoms with Crippen molar-refractivity contribution in [3.8, 4) is 12.1 Å². The molecule has 3 rings (SSSR count). The summed E-state index contributed by atoms with van der Waals surface area (Å²) in [6.07, 6.45) is 9.21. The fourth-order valence-corrected chi connectivity index (χ4v) is 4.71. The van der Waals surface area contributed by atoms with E-state index in [9.17, 15) is 10.5 Å². The van der Waals surface area contributed by atoms with Gasteiger partial charge in [0, 0.05) is 12.3 Å². The Kier molecular flexibility index (Phi) is 4.86. The molecule has 0 aliphatic heterocycles. The third kappa shape index (κ3) is 2.78. The molecule has 0 heterocycles. The second kappa shape index (κ2) is 7.06. The van der Waals surface area contributed by atoms with Crippen molar-refractivity contribution in [1.82, 2.24) is 0 Å². The first kappa shape index (κ1) is 16.5. The maximum absolute atomic E-state index is 9.94. The van der Waals surface area contributed by atoms with E-state index in [4.69, 9.17) is 0 Å². The first-order valence-electron chi connectivity index (χ1n) is 8.96. The van der Waals surface area contributed by atoms with Crippen LogP contribution < -0.4 is 0 Å². The van der Waals surface area contributed by atoms with Crippen LogP contribution in [0, 0.1) is 39.9 Å². The summed E-state index contributed by atoms with van der Waals surface area (Å²) in [5.74, 6) is 0.473. The third-order valence-electron chi connectivity index (χ3n) is 5.71. The fraction of sp³-hybridized carbons (Fsp3) is 0.455. The van der Waals surface area contributed by atoms with Gasteiger partial charge >= 0.3 is 0 Å². The van der Waals surface area contributed by atoms with E-state index < -0.39 is 5.41 Å². The van der Waals surface area contributed by atoms with E-state index in [0.717, 1.165) is 19.3 Å². The van der Waals surface area contributed by atoms with Crippen molar-refractivity contribution in [3.63, 3.8) is 0 Å². The predicted octanol–water partition coefficient (Wildman–Crippen LogP) is 5.65. The average molecular weight is 316 g/mol. The van der Waals surface area contributed by atoms with Gasteiger partial charge < -0.3 is 0 Å². The Balaban J connectivity index is 2.13. The Morgan fingerprint density at radius 2 is 1.75 bits per heavy atom. The number of nitriles is 2. The molecule has 0 aromatic heterocycles. The molecular formula is C22H24N2. The van der Waals surface area contributed by atoms with Gasteiger partial charge in [-0.1, -0.05) is 61.2 Å². The van der Waals surface area contributed by atoms with Gasteiger partial charge in [0.2, 0.25) is 0 Å². The minimum Gasteiger partial charge on any atom is -0.197 e. The van der Waals surface area contributed by atoms with Gasteiger partial charge in [-0.3, -0.25) is 0 Å². The van der Waals surface area contributed by atoms with Crippen LogP contribution in [0.5, 0.6) is 0 Å². The van der Waals surface area contributed by atoms with Crippen molar-refractivity contribution in [2.45, 2.75) is 44.9 Å². The first-order valence-corrected chi connectivity index (χ1v) is 8.96. The maximum atomic E-state index is 9.94. The molecule has 2 aliphatic carbocycles. The van der Waals surface area contributed by atoms with Crippen LogP contribution in [-0.2, 0) is 0 Å². The molecule has 122 valence electrons. The van der Waals surface area contributed by atoms with E-state index in [0.29, 0.717) is 12.3 Å². The van der Waals surface area contributed by atoms with E-state index >= 15 is 0 Å². The molecule has 24 heavy (non-hydrogen) atoms. The average Bonchev–Trinajstić information content (AvgIpc) is 2.98. The molecule has 0 saturated heterocycles. The Morgan fingerprint density at radius 3 is 2.33 bits per heavy atom. The normalized spacial score (nSPS) is 23.5. The highest BCUT2D eigenvalue weighted by molar-refractivity contribution is 5.76. The smallest absolute Gasteiger partial charge is 0.154 e. The zero-order valence-electron chi connectivity index (χ0n) is 14.2. The molecule has 2 nitrogen and oxygen atoms in total. The van der Waals surface area contributed by atoms with Crippen molar-refractivity contribution < 1.29 is 0 Å². The Morgan fingerprint density at radius 1 is 1.08 bits per heavy atom. The molecule has 2 aliphatic rings. The van der Waals surface area contributed by atoms with Crippen LogP contribution in [0.4, 0.5) is 0 Å². The molecule has 0 amide bonds. The summed E-state index contributed by atoms with van der Waals surface area (Å²) in [7, 11) is 0. The maximum Gasteiger partial charge on any atom is 0.154 e. The van der Waals surface area contributed by atoms with Gasteiger partial charge in [0.15, 0.2) is 5.41 Å². The van der Waals surface area contributed by atoms with Crippen LogP contribution in [0.15, 0.2) is 48.6 Å². The summed E-state index contributed by atoms with van der Waals surface area (Å²) in [5.41, 5.74) is 2.75. The molecule has 1 aromatic carbocycles. The number of nitrogens with zero attached hydrogens (tertiary/aromatic N) is 2. The highest BCUT2D eigenvalue weighted by Crippen LogP contribution is 2.56. The van der Waals surface area contributed by atoms with E-state index in [1.807, 2.05) is 24.3 Å². The largest absolute Gasteiger partial charge is 0.197 e. The van der Waals surface area contributed by atoms with Crippen LogP contribution in [0.1, 0.15) is 50.5 Å². The van der Waals surface area contributed by atoms with Gasteiger partial charge in [-0.2, -0.15) is 10.5 Å². The second-order valence-corrected chi connectivity index (χ2v) is 7.12. The Labute approximate surface area is 145 Å². The quantitative estimate of drug-likeness (QED) is 0.674. The van der Waals surface area contributed by atoms with Crippen LogP contribution in [-0.4, -0.2) is 0 Å². The summed E-state index contributed by atoms with van der Waals surface area (Å²) in [4.78, 5) is 0. The van der Waals surface area contributed by atoms with Gasteiger partial charge in [-0.25, -0.2) is 0 Å². The van der Waals surface area contributed by atoms with Gasteiger partial charge in [-0.05, 0) is 36.3 Å². The number of rotatable bonds is 4. The van der Waals surface area contributed by atoms with E-state index in [2.05, 4.69) is 30.9 Å². The lowest BCUT2D eigenvalue weighted by Gasteiger charge is -2.35. The van der Waals surface area contributed by atoms with Crippen molar-refractivity contribution in [2.75, 3.05) is 0 Å². The third-order valence-corrected chi connectivity index (χ3v) is 5.71. The number of benzene rings is 1. The van der Waals surface area contributed by atoms with E-state index in [-0.39, 0.29) is 5.92 Å². The van der Waals surface area contributed by atoms with Crippen molar-refractivity contribution in [3.05, 3.63) is 54.1 Å². The van der Waals surface area contributed by atoms with Crippen molar-refractivity contribution >= 4 is 5.57 Å². The summed E-state index contributed by atoms with van der Waals surface area (Å²) < 4.78 is 0. The van der Waals surface area contributed by atoms with Crippen LogP contribution >= 0.6 is 0 Å². The number of hydrogen-bond acceptors (Lipinski definition) is 2. The summed E-state index contributed by atoms with van der Waals surface area (Å²) >= 11 is 0. The molecule has 2 heteroatoms. The predicted molar refractivity (Wildman–Crippen MR) is 96.5 cm³/mol. The Hall–Kier alpha value is -2.32. The van der Waals surface area contributed by atoms with Crippen molar-refractivity contribution in [1.29, 1.82) is 10.5 Å². The zero-order valence-corrected chi connectivity index (χ0v) is 14.2. The van der Waals surface area contributed by atoms with Crippen LogP contribution in [0.3, 0.4) is 0 Å². The summed E-state index contributed by atoms with van der Waals surface area (Å²) in [5, 5.41) is 19.9. The van der Waals surface area contributed by atoms with Crippen molar-refractivity contribution in [2.24, 2.45) is 17.3 Å². The highest BCUT2D eigenvalue weighted by Gasteiger charge is 2.51. The van der Waals surface area contributed by atoms with Crippen LogP contribution in [0.2, 0.25) is 0 Å². The molecule has 1 aromatic rings. The summed E-state index contributed by atoms with van der Waals surface area (Å²) in [6, 6.07) is 15.2. The molecular weight excluding hydrogens is 292 g/mol. The second-order valence-electron chi connectivity index (χ2n) is 7.12. The molecule has 0 spiro atoms. The number of hydrogen-bond donors (Lipinski definition) is 0. The molecule has 0 N–H and O–H groups in total. The molecule has 1 atom stereocenters. The van der Waals surface area contributed by atoms with Gasteiger partial charge in [-0.15, -0.1) is 6.58 Å². The standard InChI is InChI=1S/C22H24N2/c1-2-9-19-14-22(15-23,16-24)21(18-12-7-4-8-13-18)20(19)17-10-5-3-6-11-17/h2-3,5-6,10-11,18,21H,1,4,7-9,12-14H2. The lowest BCUT2D eigenvalue weighted by Crippen LogP contribution is -2.31. The molecule has 0 radical (unpaired) electrons. The minimum absolute atomic E-state index is 0.0325. The van der Waals surface area contributed by atoms with Gasteiger partial charge in [0.25, 0.3) is 0 Å². The highest BCUT2D eigenvalue weighted by atomic mass is 14.5. The topological polar surface area (TPSA) is 47.6 Å². The molecule has 1 unspecified atom stereocenters.